The van der Waals surface area contributed by atoms with Crippen molar-refractivity contribution in [3.05, 3.63) is 40.0 Å². The summed E-state index contributed by atoms with van der Waals surface area (Å²) in [7, 11) is -0.639. The van der Waals surface area contributed by atoms with Gasteiger partial charge in [-0.15, -0.1) is 0 Å². The standard InChI is InChI=1S/C16H21BCl2N4O3/c1-17(26)22-5-6-23(13(9-22)10-24)14(8-20)15(19)16(25)21-12-4-2-3-11(18)7-12/h2-4,7-8,13,20,24,26H,5-6,9-10H2,1H3,(H,21,25)/b15-14-,20-8?. The Morgan fingerprint density at radius 2 is 2.23 bits per heavy atom. The average molecular weight is 399 g/mol. The Kier molecular flexibility index (Phi) is 7.49. The molecule has 1 aliphatic heterocycles. The number of hydrogen-bond donors (Lipinski definition) is 4. The number of aliphatic hydroxyl groups excluding tert-OH is 1. The van der Waals surface area contributed by atoms with Crippen LogP contribution in [-0.2, 0) is 4.79 Å². The predicted octanol–water partition coefficient (Wildman–Crippen LogP) is 1.47. The molecule has 2 rings (SSSR count). The molecule has 1 atom stereocenters. The van der Waals surface area contributed by atoms with Crippen molar-refractivity contribution in [2.45, 2.75) is 12.9 Å². The van der Waals surface area contributed by atoms with Crippen molar-refractivity contribution >= 4 is 48.1 Å². The Labute approximate surface area is 162 Å². The highest BCUT2D eigenvalue weighted by molar-refractivity contribution is 6.45. The van der Waals surface area contributed by atoms with E-state index in [1.807, 2.05) is 0 Å². The summed E-state index contributed by atoms with van der Waals surface area (Å²) in [5.74, 6) is -0.568. The van der Waals surface area contributed by atoms with Gasteiger partial charge < -0.3 is 30.6 Å². The van der Waals surface area contributed by atoms with E-state index in [9.17, 15) is 14.9 Å². The molecule has 0 bridgehead atoms. The number of halogens is 2. The zero-order valence-corrected chi connectivity index (χ0v) is 15.8. The Morgan fingerprint density at radius 3 is 2.81 bits per heavy atom. The second kappa shape index (κ2) is 9.39. The molecular weight excluding hydrogens is 378 g/mol. The van der Waals surface area contributed by atoms with Crippen LogP contribution in [0.2, 0.25) is 11.8 Å². The summed E-state index contributed by atoms with van der Waals surface area (Å²) in [5.41, 5.74) is 0.707. The third-order valence-electron chi connectivity index (χ3n) is 4.21. The molecule has 1 saturated heterocycles. The fourth-order valence-corrected chi connectivity index (χ4v) is 3.23. The van der Waals surface area contributed by atoms with Crippen molar-refractivity contribution in [2.75, 3.05) is 31.6 Å². The number of benzene rings is 1. The molecule has 1 amide bonds. The maximum absolute atomic E-state index is 12.4. The van der Waals surface area contributed by atoms with Crippen molar-refractivity contribution in [2.24, 2.45) is 0 Å². The Balaban J connectivity index is 2.20. The van der Waals surface area contributed by atoms with E-state index in [0.717, 1.165) is 6.21 Å². The Bertz CT molecular complexity index is 702. The van der Waals surface area contributed by atoms with Crippen LogP contribution < -0.4 is 5.32 Å². The van der Waals surface area contributed by atoms with Crippen LogP contribution in [-0.4, -0.2) is 71.3 Å². The molecule has 1 fully saturated rings. The smallest absolute Gasteiger partial charge is 0.376 e. The van der Waals surface area contributed by atoms with Gasteiger partial charge in [0, 0.05) is 36.6 Å². The number of aliphatic hydroxyl groups is 1. The van der Waals surface area contributed by atoms with Crippen molar-refractivity contribution < 1.29 is 14.9 Å². The summed E-state index contributed by atoms with van der Waals surface area (Å²) in [5, 5.41) is 30.1. The molecule has 0 saturated carbocycles. The SMILES string of the molecule is CB(O)N1CCN(/C(C=N)=C(\Cl)C(=O)Nc2cccc(Cl)c2)C(CO)C1. The number of hydrogen-bond acceptors (Lipinski definition) is 6. The predicted molar refractivity (Wildman–Crippen MR) is 105 cm³/mol. The van der Waals surface area contributed by atoms with E-state index < -0.39 is 13.0 Å². The minimum atomic E-state index is -0.639. The monoisotopic (exact) mass is 398 g/mol. The van der Waals surface area contributed by atoms with Gasteiger partial charge in [-0.05, 0) is 25.0 Å². The van der Waals surface area contributed by atoms with Gasteiger partial charge in [0.05, 0.1) is 18.3 Å². The minimum absolute atomic E-state index is 0.149. The van der Waals surface area contributed by atoms with Gasteiger partial charge in [0.2, 0.25) is 0 Å². The molecule has 0 aliphatic carbocycles. The van der Waals surface area contributed by atoms with E-state index in [2.05, 4.69) is 5.32 Å². The summed E-state index contributed by atoms with van der Waals surface area (Å²) in [6.45, 7) is 2.79. The van der Waals surface area contributed by atoms with Crippen LogP contribution in [0.4, 0.5) is 5.69 Å². The van der Waals surface area contributed by atoms with Crippen molar-refractivity contribution in [3.8, 4) is 0 Å². The van der Waals surface area contributed by atoms with Crippen LogP contribution in [0.25, 0.3) is 0 Å². The van der Waals surface area contributed by atoms with Crippen LogP contribution in [0, 0.1) is 5.41 Å². The second-order valence-electron chi connectivity index (χ2n) is 5.96. The molecule has 1 aromatic carbocycles. The van der Waals surface area contributed by atoms with Crippen LogP contribution in [0.1, 0.15) is 0 Å². The van der Waals surface area contributed by atoms with Gasteiger partial charge >= 0.3 is 7.05 Å². The zero-order chi connectivity index (χ0) is 19.3. The van der Waals surface area contributed by atoms with E-state index in [1.165, 1.54) is 0 Å². The third-order valence-corrected chi connectivity index (χ3v) is 4.81. The highest BCUT2D eigenvalue weighted by Gasteiger charge is 2.32. The number of nitrogens with zero attached hydrogens (tertiary/aromatic N) is 2. The summed E-state index contributed by atoms with van der Waals surface area (Å²) in [4.78, 5) is 16.0. The maximum Gasteiger partial charge on any atom is 0.376 e. The normalized spacial score (nSPS) is 19.0. The van der Waals surface area contributed by atoms with Crippen LogP contribution in [0.5, 0.6) is 0 Å². The number of nitrogens with one attached hydrogen (secondary N) is 2. The molecule has 1 heterocycles. The molecule has 0 aromatic heterocycles. The second-order valence-corrected chi connectivity index (χ2v) is 6.78. The van der Waals surface area contributed by atoms with Gasteiger partial charge in [-0.3, -0.25) is 4.79 Å². The highest BCUT2D eigenvalue weighted by Crippen LogP contribution is 2.22. The molecular formula is C16H21BCl2N4O3. The van der Waals surface area contributed by atoms with Crippen molar-refractivity contribution in [1.29, 1.82) is 5.41 Å². The van der Waals surface area contributed by atoms with Crippen molar-refractivity contribution in [1.82, 2.24) is 9.71 Å². The highest BCUT2D eigenvalue weighted by atomic mass is 35.5. The quantitative estimate of drug-likeness (QED) is 0.330. The topological polar surface area (TPSA) is 99.9 Å². The molecule has 140 valence electrons. The van der Waals surface area contributed by atoms with E-state index >= 15 is 0 Å². The largest absolute Gasteiger partial charge is 0.437 e. The summed E-state index contributed by atoms with van der Waals surface area (Å²) in [6.07, 6.45) is 1.00. The lowest BCUT2D eigenvalue weighted by Gasteiger charge is -2.43. The molecule has 7 nitrogen and oxygen atoms in total. The number of carbonyl (C=O) groups excluding carboxylic acids is 1. The van der Waals surface area contributed by atoms with Crippen LogP contribution in [0.15, 0.2) is 35.0 Å². The lowest BCUT2D eigenvalue weighted by Crippen LogP contribution is -2.57. The number of anilines is 1. The summed E-state index contributed by atoms with van der Waals surface area (Å²) in [6, 6.07) is 6.26. The first-order valence-corrected chi connectivity index (χ1v) is 8.89. The van der Waals surface area contributed by atoms with E-state index in [1.54, 1.807) is 40.8 Å². The minimum Gasteiger partial charge on any atom is -0.437 e. The molecule has 0 spiro atoms. The number of rotatable bonds is 6. The average Bonchev–Trinajstić information content (AvgIpc) is 2.62. The first-order chi connectivity index (χ1) is 12.4. The number of carbonyl (C=O) groups is 1. The maximum atomic E-state index is 12.4. The Hall–Kier alpha value is -1.58. The number of piperazine rings is 1. The van der Waals surface area contributed by atoms with E-state index in [4.69, 9.17) is 28.6 Å². The van der Waals surface area contributed by atoms with Gasteiger partial charge in [0.15, 0.2) is 0 Å². The molecule has 26 heavy (non-hydrogen) atoms. The molecule has 0 radical (unpaired) electrons. The molecule has 4 N–H and O–H groups in total. The lowest BCUT2D eigenvalue weighted by atomic mass is 9.83. The Morgan fingerprint density at radius 1 is 1.50 bits per heavy atom. The van der Waals surface area contributed by atoms with Crippen LogP contribution in [0.3, 0.4) is 0 Å². The zero-order valence-electron chi connectivity index (χ0n) is 14.3. The lowest BCUT2D eigenvalue weighted by molar-refractivity contribution is -0.112. The van der Waals surface area contributed by atoms with Crippen molar-refractivity contribution in [3.63, 3.8) is 0 Å². The molecule has 1 unspecified atom stereocenters. The first-order valence-electron chi connectivity index (χ1n) is 8.14. The molecule has 1 aromatic rings. The van der Waals surface area contributed by atoms with Gasteiger partial charge in [0.1, 0.15) is 5.03 Å². The summed E-state index contributed by atoms with van der Waals surface area (Å²) < 4.78 is 0. The molecule has 1 aliphatic rings. The summed E-state index contributed by atoms with van der Waals surface area (Å²) >= 11 is 12.1. The fourth-order valence-electron chi connectivity index (χ4n) is 2.83. The van der Waals surface area contributed by atoms with E-state index in [0.29, 0.717) is 30.3 Å². The molecule has 10 heteroatoms. The van der Waals surface area contributed by atoms with Gasteiger partial charge in [-0.1, -0.05) is 29.3 Å². The fraction of sp³-hybridized carbons (Fsp3) is 0.375. The van der Waals surface area contributed by atoms with Gasteiger partial charge in [-0.2, -0.15) is 0 Å². The van der Waals surface area contributed by atoms with Crippen LogP contribution >= 0.6 is 23.2 Å². The van der Waals surface area contributed by atoms with Gasteiger partial charge in [-0.25, -0.2) is 0 Å². The number of allylic oxidation sites excluding steroid dienone is 1. The van der Waals surface area contributed by atoms with E-state index in [-0.39, 0.29) is 23.4 Å². The first kappa shape index (κ1) is 20.7. The third kappa shape index (κ3) is 4.99. The van der Waals surface area contributed by atoms with Gasteiger partial charge in [0.25, 0.3) is 5.91 Å². The number of amides is 1.